The van der Waals surface area contributed by atoms with E-state index < -0.39 is 12.1 Å². The van der Waals surface area contributed by atoms with Gasteiger partial charge in [-0.2, -0.15) is 0 Å². The fourth-order valence-corrected chi connectivity index (χ4v) is 2.44. The summed E-state index contributed by atoms with van der Waals surface area (Å²) in [5.74, 6) is 0.422. The van der Waals surface area contributed by atoms with Crippen LogP contribution in [-0.4, -0.2) is 43.8 Å². The third-order valence-corrected chi connectivity index (χ3v) is 3.91. The summed E-state index contributed by atoms with van der Waals surface area (Å²) in [6.07, 6.45) is -0.683. The molecule has 0 saturated heterocycles. The van der Waals surface area contributed by atoms with Crippen LogP contribution in [0.4, 0.5) is 5.69 Å². The maximum absolute atomic E-state index is 12.1. The zero-order chi connectivity index (χ0) is 17.5. The van der Waals surface area contributed by atoms with Gasteiger partial charge >= 0.3 is 5.97 Å². The number of aliphatic hydroxyl groups is 1. The molecule has 0 aromatic heterocycles. The third kappa shape index (κ3) is 4.19. The van der Waals surface area contributed by atoms with E-state index in [0.29, 0.717) is 16.8 Å². The highest BCUT2D eigenvalue weighted by molar-refractivity contribution is 6.18. The molecule has 2 aromatic rings. The number of aliphatic hydroxyl groups excluding tert-OH is 1. The van der Waals surface area contributed by atoms with Crippen LogP contribution >= 0.6 is 11.6 Å². The van der Waals surface area contributed by atoms with Crippen molar-refractivity contribution in [1.29, 1.82) is 0 Å². The van der Waals surface area contributed by atoms with E-state index in [2.05, 4.69) is 5.32 Å². The van der Waals surface area contributed by atoms with Crippen LogP contribution in [0.1, 0.15) is 10.4 Å². The lowest BCUT2D eigenvalue weighted by molar-refractivity contribution is 0.0601. The minimum absolute atomic E-state index is 0.127. The van der Waals surface area contributed by atoms with Crippen molar-refractivity contribution in [1.82, 2.24) is 0 Å². The van der Waals surface area contributed by atoms with E-state index in [0.717, 1.165) is 11.3 Å². The first-order chi connectivity index (χ1) is 11.6. The predicted octanol–water partition coefficient (Wildman–Crippen LogP) is 3.16. The molecular formula is C18H20ClNO4. The summed E-state index contributed by atoms with van der Waals surface area (Å²) < 4.78 is 10.1. The lowest BCUT2D eigenvalue weighted by atomic mass is 9.97. The van der Waals surface area contributed by atoms with E-state index in [1.807, 2.05) is 30.3 Å². The van der Waals surface area contributed by atoms with Gasteiger partial charge in [0, 0.05) is 17.8 Å². The Morgan fingerprint density at radius 2 is 1.92 bits per heavy atom. The zero-order valence-electron chi connectivity index (χ0n) is 13.6. The van der Waals surface area contributed by atoms with Crippen LogP contribution in [0.2, 0.25) is 0 Å². The molecule has 6 heteroatoms. The number of alkyl halides is 1. The van der Waals surface area contributed by atoms with Crippen LogP contribution in [0.15, 0.2) is 42.5 Å². The lowest BCUT2D eigenvalue weighted by Gasteiger charge is -2.17. The molecule has 0 fully saturated rings. The number of carbonyl (C=O) groups is 1. The molecule has 0 bridgehead atoms. The number of hydrogen-bond acceptors (Lipinski definition) is 5. The highest BCUT2D eigenvalue weighted by atomic mass is 35.5. The summed E-state index contributed by atoms with van der Waals surface area (Å²) in [6.45, 7) is 0.275. The van der Waals surface area contributed by atoms with Gasteiger partial charge in [-0.15, -0.1) is 11.6 Å². The molecule has 0 aliphatic heterocycles. The van der Waals surface area contributed by atoms with Crippen molar-refractivity contribution in [2.24, 2.45) is 0 Å². The van der Waals surface area contributed by atoms with Crippen molar-refractivity contribution in [3.63, 3.8) is 0 Å². The van der Waals surface area contributed by atoms with E-state index in [1.54, 1.807) is 19.2 Å². The van der Waals surface area contributed by atoms with Gasteiger partial charge in [0.2, 0.25) is 0 Å². The first-order valence-electron chi connectivity index (χ1n) is 7.44. The van der Waals surface area contributed by atoms with Crippen LogP contribution < -0.4 is 10.1 Å². The molecular weight excluding hydrogens is 330 g/mol. The fraction of sp³-hybridized carbons (Fsp3) is 0.278. The number of benzene rings is 2. The van der Waals surface area contributed by atoms with Crippen LogP contribution in [0.25, 0.3) is 11.1 Å². The highest BCUT2D eigenvalue weighted by Gasteiger charge is 2.17. The molecule has 0 saturated carbocycles. The Morgan fingerprint density at radius 1 is 1.21 bits per heavy atom. The zero-order valence-corrected chi connectivity index (χ0v) is 14.3. The first kappa shape index (κ1) is 18.1. The topological polar surface area (TPSA) is 67.8 Å². The molecule has 0 radical (unpaired) electrons. The number of hydrogen-bond donors (Lipinski definition) is 2. The Labute approximate surface area is 146 Å². The second-order valence-electron chi connectivity index (χ2n) is 5.14. The second kappa shape index (κ2) is 8.57. The summed E-state index contributed by atoms with van der Waals surface area (Å²) in [5, 5.41) is 12.8. The van der Waals surface area contributed by atoms with Crippen molar-refractivity contribution in [2.75, 3.05) is 32.0 Å². The van der Waals surface area contributed by atoms with Crippen LogP contribution in [0.3, 0.4) is 0 Å². The van der Waals surface area contributed by atoms with E-state index in [-0.39, 0.29) is 12.4 Å². The van der Waals surface area contributed by atoms with Crippen molar-refractivity contribution in [3.8, 4) is 16.9 Å². The first-order valence-corrected chi connectivity index (χ1v) is 7.97. The van der Waals surface area contributed by atoms with Crippen molar-refractivity contribution >= 4 is 23.3 Å². The summed E-state index contributed by atoms with van der Waals surface area (Å²) in [4.78, 5) is 12.1. The summed E-state index contributed by atoms with van der Waals surface area (Å²) >= 11 is 5.63. The van der Waals surface area contributed by atoms with Gasteiger partial charge in [0.1, 0.15) is 5.75 Å². The summed E-state index contributed by atoms with van der Waals surface area (Å²) in [6, 6.07) is 12.7. The Kier molecular flexibility index (Phi) is 6.46. The summed E-state index contributed by atoms with van der Waals surface area (Å²) in [5.41, 5.74) is 2.69. The molecule has 0 spiro atoms. The number of halogens is 1. The van der Waals surface area contributed by atoms with Crippen LogP contribution in [0.5, 0.6) is 5.75 Å². The standard InChI is InChI=1S/C18H20ClNO4/c1-23-14-8-6-12(7-9-14)17-15(18(22)24-2)4-3-5-16(17)20-11-13(21)10-19/h3-9,13,20-21H,10-11H2,1-2H3. The number of methoxy groups -OCH3 is 2. The monoisotopic (exact) mass is 349 g/mol. The minimum Gasteiger partial charge on any atom is -0.497 e. The number of ether oxygens (including phenoxy) is 2. The van der Waals surface area contributed by atoms with E-state index >= 15 is 0 Å². The predicted molar refractivity (Wildman–Crippen MR) is 95.0 cm³/mol. The molecule has 0 heterocycles. The molecule has 24 heavy (non-hydrogen) atoms. The summed E-state index contributed by atoms with van der Waals surface area (Å²) in [7, 11) is 2.94. The van der Waals surface area contributed by atoms with Gasteiger partial charge in [-0.05, 0) is 29.8 Å². The van der Waals surface area contributed by atoms with Gasteiger partial charge in [-0.1, -0.05) is 18.2 Å². The average Bonchev–Trinajstić information content (AvgIpc) is 2.65. The van der Waals surface area contributed by atoms with E-state index in [4.69, 9.17) is 21.1 Å². The SMILES string of the molecule is COC(=O)c1cccc(NCC(O)CCl)c1-c1ccc(OC)cc1. The van der Waals surface area contributed by atoms with Crippen LogP contribution in [0, 0.1) is 0 Å². The average molecular weight is 350 g/mol. The van der Waals surface area contributed by atoms with Gasteiger partial charge in [0.25, 0.3) is 0 Å². The number of carbonyl (C=O) groups excluding carboxylic acids is 1. The molecule has 0 aliphatic rings. The number of anilines is 1. The number of rotatable bonds is 7. The van der Waals surface area contributed by atoms with Gasteiger partial charge in [-0.3, -0.25) is 0 Å². The Morgan fingerprint density at radius 3 is 2.50 bits per heavy atom. The molecule has 2 N–H and O–H groups in total. The van der Waals surface area contributed by atoms with Gasteiger partial charge in [0.05, 0.1) is 31.8 Å². The van der Waals surface area contributed by atoms with Crippen molar-refractivity contribution < 1.29 is 19.4 Å². The normalized spacial score (nSPS) is 11.7. The lowest BCUT2D eigenvalue weighted by Crippen LogP contribution is -2.21. The van der Waals surface area contributed by atoms with Gasteiger partial charge < -0.3 is 19.9 Å². The van der Waals surface area contributed by atoms with Gasteiger partial charge in [0.15, 0.2) is 0 Å². The quantitative estimate of drug-likeness (QED) is 0.593. The fourth-order valence-electron chi connectivity index (χ4n) is 2.33. The molecule has 0 amide bonds. The Hall–Kier alpha value is -2.24. The highest BCUT2D eigenvalue weighted by Crippen LogP contribution is 2.33. The molecule has 5 nitrogen and oxygen atoms in total. The molecule has 1 atom stereocenters. The maximum atomic E-state index is 12.1. The Balaban J connectivity index is 2.48. The number of nitrogens with one attached hydrogen (secondary N) is 1. The minimum atomic E-state index is -0.683. The molecule has 2 aromatic carbocycles. The van der Waals surface area contributed by atoms with Crippen LogP contribution in [-0.2, 0) is 4.74 Å². The molecule has 2 rings (SSSR count). The third-order valence-electron chi connectivity index (χ3n) is 3.55. The van der Waals surface area contributed by atoms with E-state index in [1.165, 1.54) is 7.11 Å². The molecule has 1 unspecified atom stereocenters. The van der Waals surface area contributed by atoms with Crippen molar-refractivity contribution in [3.05, 3.63) is 48.0 Å². The molecule has 0 aliphatic carbocycles. The van der Waals surface area contributed by atoms with Gasteiger partial charge in [-0.25, -0.2) is 4.79 Å². The molecule has 128 valence electrons. The largest absolute Gasteiger partial charge is 0.497 e. The number of esters is 1. The van der Waals surface area contributed by atoms with E-state index in [9.17, 15) is 9.90 Å². The smallest absolute Gasteiger partial charge is 0.338 e. The Bertz CT molecular complexity index is 688. The van der Waals surface area contributed by atoms with Crippen molar-refractivity contribution in [2.45, 2.75) is 6.10 Å². The maximum Gasteiger partial charge on any atom is 0.338 e. The second-order valence-corrected chi connectivity index (χ2v) is 5.45.